The molecule has 1 unspecified atom stereocenters. The highest BCUT2D eigenvalue weighted by Gasteiger charge is 2.32. The fourth-order valence-electron chi connectivity index (χ4n) is 3.68. The minimum atomic E-state index is -0.602. The van der Waals surface area contributed by atoms with Crippen molar-refractivity contribution < 1.29 is 23.7 Å². The van der Waals surface area contributed by atoms with E-state index >= 15 is 0 Å². The maximum Gasteiger partial charge on any atom is 0.349 e. The van der Waals surface area contributed by atoms with Crippen LogP contribution in [0, 0.1) is 11.3 Å². The third-order valence-corrected chi connectivity index (χ3v) is 5.34. The van der Waals surface area contributed by atoms with Crippen LogP contribution in [0.4, 0.5) is 0 Å². The SMILES string of the molecule is CCOc1ccccc1C1C(C#N)=C(N)Oc2cc(OC(=O)COc3cccc(Cl)c3)ccc21. The first-order valence-corrected chi connectivity index (χ1v) is 10.9. The summed E-state index contributed by atoms with van der Waals surface area (Å²) in [6.07, 6.45) is 0. The maximum absolute atomic E-state index is 12.3. The van der Waals surface area contributed by atoms with Crippen molar-refractivity contribution in [2.24, 2.45) is 5.73 Å². The van der Waals surface area contributed by atoms with Gasteiger partial charge in [-0.05, 0) is 37.3 Å². The van der Waals surface area contributed by atoms with Crippen LogP contribution in [0.3, 0.4) is 0 Å². The Morgan fingerprint density at radius 2 is 1.88 bits per heavy atom. The number of rotatable bonds is 7. The van der Waals surface area contributed by atoms with Crippen molar-refractivity contribution in [3.05, 3.63) is 94.3 Å². The van der Waals surface area contributed by atoms with Gasteiger partial charge in [-0.15, -0.1) is 0 Å². The van der Waals surface area contributed by atoms with Gasteiger partial charge >= 0.3 is 5.97 Å². The van der Waals surface area contributed by atoms with Crippen LogP contribution in [0.2, 0.25) is 5.02 Å². The molecule has 1 heterocycles. The van der Waals surface area contributed by atoms with E-state index in [2.05, 4.69) is 6.07 Å². The van der Waals surface area contributed by atoms with E-state index in [1.54, 1.807) is 42.5 Å². The average molecular weight is 477 g/mol. The third kappa shape index (κ3) is 4.92. The van der Waals surface area contributed by atoms with Gasteiger partial charge in [-0.3, -0.25) is 0 Å². The van der Waals surface area contributed by atoms with Crippen molar-refractivity contribution in [3.8, 4) is 29.1 Å². The van der Waals surface area contributed by atoms with Crippen LogP contribution in [0.5, 0.6) is 23.0 Å². The summed E-state index contributed by atoms with van der Waals surface area (Å²) < 4.78 is 22.3. The predicted octanol–water partition coefficient (Wildman–Crippen LogP) is 4.94. The van der Waals surface area contributed by atoms with Crippen LogP contribution in [-0.4, -0.2) is 19.2 Å². The fraction of sp³-hybridized carbons (Fsp3) is 0.154. The molecule has 1 aliphatic heterocycles. The van der Waals surface area contributed by atoms with Crippen LogP contribution >= 0.6 is 11.6 Å². The minimum absolute atomic E-state index is 0.0148. The van der Waals surface area contributed by atoms with Gasteiger partial charge in [0, 0.05) is 22.2 Å². The Balaban J connectivity index is 1.58. The second kappa shape index (κ2) is 10.2. The lowest BCUT2D eigenvalue weighted by molar-refractivity contribution is -0.136. The Labute approximate surface area is 201 Å². The highest BCUT2D eigenvalue weighted by atomic mass is 35.5. The third-order valence-electron chi connectivity index (χ3n) is 5.10. The van der Waals surface area contributed by atoms with E-state index in [9.17, 15) is 10.1 Å². The Bertz CT molecular complexity index is 1300. The number of hydrogen-bond donors (Lipinski definition) is 1. The van der Waals surface area contributed by atoms with E-state index in [0.29, 0.717) is 34.4 Å². The molecule has 0 bridgehead atoms. The molecular formula is C26H21ClN2O5. The Kier molecular flexibility index (Phi) is 6.90. The van der Waals surface area contributed by atoms with Crippen molar-refractivity contribution in [2.45, 2.75) is 12.8 Å². The molecule has 0 aromatic heterocycles. The molecule has 1 aliphatic rings. The molecule has 0 radical (unpaired) electrons. The van der Waals surface area contributed by atoms with E-state index in [1.165, 1.54) is 0 Å². The van der Waals surface area contributed by atoms with E-state index in [4.69, 9.17) is 36.3 Å². The van der Waals surface area contributed by atoms with Crippen LogP contribution in [0.25, 0.3) is 0 Å². The lowest BCUT2D eigenvalue weighted by Crippen LogP contribution is -2.22. The van der Waals surface area contributed by atoms with Gasteiger partial charge in [-0.2, -0.15) is 5.26 Å². The summed E-state index contributed by atoms with van der Waals surface area (Å²) >= 11 is 5.92. The van der Waals surface area contributed by atoms with Crippen molar-refractivity contribution in [1.29, 1.82) is 5.26 Å². The largest absolute Gasteiger partial charge is 0.494 e. The quantitative estimate of drug-likeness (QED) is 0.380. The summed E-state index contributed by atoms with van der Waals surface area (Å²) in [5, 5.41) is 10.3. The molecule has 172 valence electrons. The summed E-state index contributed by atoms with van der Waals surface area (Å²) in [6, 6.07) is 21.3. The number of allylic oxidation sites excluding steroid dienone is 1. The molecule has 0 fully saturated rings. The van der Waals surface area contributed by atoms with Gasteiger partial charge in [0.05, 0.1) is 12.5 Å². The van der Waals surface area contributed by atoms with E-state index < -0.39 is 11.9 Å². The van der Waals surface area contributed by atoms with Crippen LogP contribution in [0.1, 0.15) is 24.0 Å². The number of nitriles is 1. The van der Waals surface area contributed by atoms with Crippen molar-refractivity contribution in [1.82, 2.24) is 0 Å². The van der Waals surface area contributed by atoms with Gasteiger partial charge in [0.1, 0.15) is 34.6 Å². The molecular weight excluding hydrogens is 456 g/mol. The average Bonchev–Trinajstić information content (AvgIpc) is 2.82. The van der Waals surface area contributed by atoms with E-state index in [0.717, 1.165) is 5.56 Å². The van der Waals surface area contributed by atoms with Crippen molar-refractivity contribution in [3.63, 3.8) is 0 Å². The standard InChI is InChI=1S/C26H21ClN2O5/c1-2-31-22-9-4-3-8-19(22)25-20-11-10-18(13-23(20)34-26(29)21(25)14-28)33-24(30)15-32-17-7-5-6-16(27)12-17/h3-13,25H,2,15,29H2,1H3. The second-order valence-corrected chi connectivity index (χ2v) is 7.75. The smallest absolute Gasteiger partial charge is 0.349 e. The number of nitrogens with zero attached hydrogens (tertiary/aromatic N) is 1. The molecule has 4 rings (SSSR count). The van der Waals surface area contributed by atoms with Crippen LogP contribution in [0.15, 0.2) is 78.2 Å². The number of para-hydroxylation sites is 1. The number of hydrogen-bond acceptors (Lipinski definition) is 7. The molecule has 3 aromatic rings. The van der Waals surface area contributed by atoms with Gasteiger partial charge < -0.3 is 24.7 Å². The molecule has 0 spiro atoms. The Morgan fingerprint density at radius 3 is 2.65 bits per heavy atom. The first kappa shape index (κ1) is 23.0. The molecule has 0 saturated heterocycles. The highest BCUT2D eigenvalue weighted by Crippen LogP contribution is 2.45. The topological polar surface area (TPSA) is 104 Å². The molecule has 3 aromatic carbocycles. The zero-order valence-electron chi connectivity index (χ0n) is 18.3. The van der Waals surface area contributed by atoms with Gasteiger partial charge in [0.25, 0.3) is 0 Å². The number of esters is 1. The lowest BCUT2D eigenvalue weighted by Gasteiger charge is -2.27. The first-order chi connectivity index (χ1) is 16.5. The van der Waals surface area contributed by atoms with Gasteiger partial charge in [-0.25, -0.2) is 4.79 Å². The van der Waals surface area contributed by atoms with Crippen molar-refractivity contribution in [2.75, 3.05) is 13.2 Å². The molecule has 7 nitrogen and oxygen atoms in total. The summed E-state index contributed by atoms with van der Waals surface area (Å²) in [4.78, 5) is 12.3. The van der Waals surface area contributed by atoms with E-state index in [1.807, 2.05) is 31.2 Å². The monoisotopic (exact) mass is 476 g/mol. The van der Waals surface area contributed by atoms with Crippen molar-refractivity contribution >= 4 is 17.6 Å². The van der Waals surface area contributed by atoms with Crippen LogP contribution < -0.4 is 24.7 Å². The summed E-state index contributed by atoms with van der Waals surface area (Å²) in [5.41, 5.74) is 7.85. The number of benzene rings is 3. The molecule has 2 N–H and O–H groups in total. The molecule has 34 heavy (non-hydrogen) atoms. The number of fused-ring (bicyclic) bond motifs is 1. The summed E-state index contributed by atoms with van der Waals surface area (Å²) in [5.74, 6) is 0.632. The molecule has 0 aliphatic carbocycles. The second-order valence-electron chi connectivity index (χ2n) is 7.32. The number of nitrogens with two attached hydrogens (primary N) is 1. The number of carbonyl (C=O) groups is 1. The van der Waals surface area contributed by atoms with Gasteiger partial charge in [0.15, 0.2) is 6.61 Å². The number of carbonyl (C=O) groups excluding carboxylic acids is 1. The molecule has 1 atom stereocenters. The maximum atomic E-state index is 12.3. The first-order valence-electron chi connectivity index (χ1n) is 10.5. The molecule has 0 amide bonds. The Morgan fingerprint density at radius 1 is 1.06 bits per heavy atom. The lowest BCUT2D eigenvalue weighted by atomic mass is 9.83. The molecule has 8 heteroatoms. The molecule has 0 saturated carbocycles. The van der Waals surface area contributed by atoms with Gasteiger partial charge in [0.2, 0.25) is 5.88 Å². The highest BCUT2D eigenvalue weighted by molar-refractivity contribution is 6.30. The zero-order valence-corrected chi connectivity index (χ0v) is 19.0. The van der Waals surface area contributed by atoms with Gasteiger partial charge in [-0.1, -0.05) is 41.9 Å². The number of ether oxygens (including phenoxy) is 4. The zero-order chi connectivity index (χ0) is 24.1. The van der Waals surface area contributed by atoms with Crippen LogP contribution in [-0.2, 0) is 4.79 Å². The van der Waals surface area contributed by atoms with E-state index in [-0.39, 0.29) is 23.8 Å². The minimum Gasteiger partial charge on any atom is -0.494 e. The number of halogens is 1. The summed E-state index contributed by atoms with van der Waals surface area (Å²) in [7, 11) is 0. The normalized spacial score (nSPS) is 14.4. The predicted molar refractivity (Wildman–Crippen MR) is 126 cm³/mol. The Hall–Kier alpha value is -4.15. The fourth-order valence-corrected chi connectivity index (χ4v) is 3.87. The summed E-state index contributed by atoms with van der Waals surface area (Å²) in [6.45, 7) is 2.06.